The largest absolute Gasteiger partial charge is 0.476 e. The van der Waals surface area contributed by atoms with Gasteiger partial charge in [-0.2, -0.15) is 0 Å². The van der Waals surface area contributed by atoms with Crippen LogP contribution < -0.4 is 0 Å². The minimum absolute atomic E-state index is 0.0144. The topological polar surface area (TPSA) is 88.3 Å². The number of carbonyl (C=O) groups excluding carboxylic acids is 1. The van der Waals surface area contributed by atoms with Crippen LogP contribution in [0.4, 0.5) is 0 Å². The summed E-state index contributed by atoms with van der Waals surface area (Å²) in [6.45, 7) is 4.56. The van der Waals surface area contributed by atoms with Crippen molar-refractivity contribution < 1.29 is 14.7 Å². The number of amides is 1. The van der Waals surface area contributed by atoms with Crippen molar-refractivity contribution in [2.24, 2.45) is 0 Å². The SMILES string of the molecule is C=CC(=O)N1CCC(n2cc(C(=O)O)nn2)C1. The lowest BCUT2D eigenvalue weighted by Gasteiger charge is -2.13. The van der Waals surface area contributed by atoms with Crippen LogP contribution in [0.25, 0.3) is 0 Å². The predicted molar refractivity (Wildman–Crippen MR) is 57.4 cm³/mol. The smallest absolute Gasteiger partial charge is 0.358 e. The van der Waals surface area contributed by atoms with Crippen LogP contribution >= 0.6 is 0 Å². The zero-order chi connectivity index (χ0) is 12.4. The first-order valence-electron chi connectivity index (χ1n) is 5.18. The molecule has 0 bridgehead atoms. The minimum Gasteiger partial charge on any atom is -0.476 e. The summed E-state index contributed by atoms with van der Waals surface area (Å²) in [7, 11) is 0. The van der Waals surface area contributed by atoms with Gasteiger partial charge in [0.1, 0.15) is 0 Å². The van der Waals surface area contributed by atoms with Crippen molar-refractivity contribution in [3.05, 3.63) is 24.5 Å². The van der Waals surface area contributed by atoms with Gasteiger partial charge in [-0.3, -0.25) is 4.79 Å². The zero-order valence-electron chi connectivity index (χ0n) is 9.11. The van der Waals surface area contributed by atoms with Crippen molar-refractivity contribution in [1.29, 1.82) is 0 Å². The maximum absolute atomic E-state index is 11.4. The van der Waals surface area contributed by atoms with E-state index in [2.05, 4.69) is 16.9 Å². The molecule has 2 rings (SSSR count). The molecule has 1 aliphatic rings. The molecule has 0 aromatic carbocycles. The van der Waals surface area contributed by atoms with Crippen molar-refractivity contribution >= 4 is 11.9 Å². The summed E-state index contributed by atoms with van der Waals surface area (Å²) >= 11 is 0. The van der Waals surface area contributed by atoms with Crippen LogP contribution in [0.1, 0.15) is 23.0 Å². The molecule has 90 valence electrons. The van der Waals surface area contributed by atoms with Crippen LogP contribution in [0, 0.1) is 0 Å². The number of rotatable bonds is 3. The second-order valence-electron chi connectivity index (χ2n) is 3.82. The number of hydrogen-bond donors (Lipinski definition) is 1. The average Bonchev–Trinajstić information content (AvgIpc) is 2.95. The van der Waals surface area contributed by atoms with Gasteiger partial charge < -0.3 is 10.0 Å². The third-order valence-corrected chi connectivity index (χ3v) is 2.75. The standard InChI is InChI=1S/C10H12N4O3/c1-2-9(15)13-4-3-7(5-13)14-6-8(10(16)17)11-12-14/h2,6-7H,1,3-5H2,(H,16,17). The Labute approximate surface area is 97.3 Å². The van der Waals surface area contributed by atoms with Crippen molar-refractivity contribution in [1.82, 2.24) is 19.9 Å². The molecular weight excluding hydrogens is 224 g/mol. The van der Waals surface area contributed by atoms with Gasteiger partial charge in [0.25, 0.3) is 0 Å². The van der Waals surface area contributed by atoms with Gasteiger partial charge in [-0.05, 0) is 12.5 Å². The van der Waals surface area contributed by atoms with Gasteiger partial charge >= 0.3 is 5.97 Å². The molecule has 1 atom stereocenters. The fraction of sp³-hybridized carbons (Fsp3) is 0.400. The van der Waals surface area contributed by atoms with Gasteiger partial charge in [0, 0.05) is 13.1 Å². The Kier molecular flexibility index (Phi) is 2.90. The molecule has 0 spiro atoms. The lowest BCUT2D eigenvalue weighted by molar-refractivity contribution is -0.125. The molecule has 1 fully saturated rings. The van der Waals surface area contributed by atoms with E-state index in [9.17, 15) is 9.59 Å². The maximum atomic E-state index is 11.4. The van der Waals surface area contributed by atoms with Crippen LogP contribution in [0.2, 0.25) is 0 Å². The van der Waals surface area contributed by atoms with Crippen molar-refractivity contribution in [2.75, 3.05) is 13.1 Å². The molecule has 2 heterocycles. The highest BCUT2D eigenvalue weighted by Gasteiger charge is 2.27. The van der Waals surface area contributed by atoms with Gasteiger partial charge in [-0.1, -0.05) is 11.8 Å². The highest BCUT2D eigenvalue weighted by Crippen LogP contribution is 2.20. The van der Waals surface area contributed by atoms with E-state index in [1.807, 2.05) is 0 Å². The predicted octanol–water partition coefficient (Wildman–Crippen LogP) is -0.0643. The molecule has 1 aliphatic heterocycles. The lowest BCUT2D eigenvalue weighted by atomic mass is 10.3. The van der Waals surface area contributed by atoms with Crippen LogP contribution in [0.3, 0.4) is 0 Å². The lowest BCUT2D eigenvalue weighted by Crippen LogP contribution is -2.27. The molecule has 1 amide bonds. The Balaban J connectivity index is 2.07. The van der Waals surface area contributed by atoms with E-state index >= 15 is 0 Å². The van der Waals surface area contributed by atoms with E-state index in [-0.39, 0.29) is 17.6 Å². The number of aromatic carboxylic acids is 1. The Morgan fingerprint density at radius 2 is 2.35 bits per heavy atom. The Morgan fingerprint density at radius 3 is 2.94 bits per heavy atom. The molecule has 1 saturated heterocycles. The molecule has 0 radical (unpaired) electrons. The number of carbonyl (C=O) groups is 2. The van der Waals surface area contributed by atoms with Crippen LogP contribution in [-0.4, -0.2) is 50.0 Å². The summed E-state index contributed by atoms with van der Waals surface area (Å²) < 4.78 is 1.50. The molecule has 7 heteroatoms. The van der Waals surface area contributed by atoms with Crippen LogP contribution in [-0.2, 0) is 4.79 Å². The molecular formula is C10H12N4O3. The number of carboxylic acids is 1. The Hall–Kier alpha value is -2.18. The summed E-state index contributed by atoms with van der Waals surface area (Å²) in [6, 6.07) is -0.0144. The average molecular weight is 236 g/mol. The van der Waals surface area contributed by atoms with Crippen molar-refractivity contribution in [3.8, 4) is 0 Å². The van der Waals surface area contributed by atoms with Crippen molar-refractivity contribution in [2.45, 2.75) is 12.5 Å². The van der Waals surface area contributed by atoms with Gasteiger partial charge in [0.2, 0.25) is 5.91 Å². The molecule has 1 N–H and O–H groups in total. The van der Waals surface area contributed by atoms with Crippen LogP contribution in [0.5, 0.6) is 0 Å². The van der Waals surface area contributed by atoms with E-state index in [1.54, 1.807) is 4.90 Å². The zero-order valence-corrected chi connectivity index (χ0v) is 9.11. The summed E-state index contributed by atoms with van der Waals surface area (Å²) in [4.78, 5) is 23.7. The second-order valence-corrected chi connectivity index (χ2v) is 3.82. The first kappa shape index (κ1) is 11.3. The number of hydrogen-bond acceptors (Lipinski definition) is 4. The molecule has 1 unspecified atom stereocenters. The molecule has 17 heavy (non-hydrogen) atoms. The van der Waals surface area contributed by atoms with E-state index in [0.717, 1.165) is 6.42 Å². The van der Waals surface area contributed by atoms with Gasteiger partial charge in [0.15, 0.2) is 5.69 Å². The highest BCUT2D eigenvalue weighted by molar-refractivity contribution is 5.87. The number of aromatic nitrogens is 3. The summed E-state index contributed by atoms with van der Waals surface area (Å²) in [6.07, 6.45) is 3.39. The maximum Gasteiger partial charge on any atom is 0.358 e. The third-order valence-electron chi connectivity index (χ3n) is 2.75. The quantitative estimate of drug-likeness (QED) is 0.742. The summed E-state index contributed by atoms with van der Waals surface area (Å²) in [5.74, 6) is -1.22. The Bertz CT molecular complexity index is 468. The summed E-state index contributed by atoms with van der Waals surface area (Å²) in [5.41, 5.74) is -0.0847. The van der Waals surface area contributed by atoms with E-state index in [4.69, 9.17) is 5.11 Å². The minimum atomic E-state index is -1.10. The van der Waals surface area contributed by atoms with E-state index in [0.29, 0.717) is 13.1 Å². The molecule has 1 aromatic heterocycles. The number of nitrogens with zero attached hydrogens (tertiary/aromatic N) is 4. The normalized spacial score (nSPS) is 19.3. The van der Waals surface area contributed by atoms with E-state index in [1.165, 1.54) is 17.0 Å². The Morgan fingerprint density at radius 1 is 1.59 bits per heavy atom. The fourth-order valence-electron chi connectivity index (χ4n) is 1.84. The van der Waals surface area contributed by atoms with Crippen molar-refractivity contribution in [3.63, 3.8) is 0 Å². The molecule has 7 nitrogen and oxygen atoms in total. The first-order valence-corrected chi connectivity index (χ1v) is 5.18. The fourth-order valence-corrected chi connectivity index (χ4v) is 1.84. The van der Waals surface area contributed by atoms with Gasteiger partial charge in [-0.25, -0.2) is 9.48 Å². The highest BCUT2D eigenvalue weighted by atomic mass is 16.4. The molecule has 1 aromatic rings. The second kappa shape index (κ2) is 4.36. The first-order chi connectivity index (χ1) is 8.11. The van der Waals surface area contributed by atoms with E-state index < -0.39 is 5.97 Å². The summed E-state index contributed by atoms with van der Waals surface area (Å²) in [5, 5.41) is 16.0. The van der Waals surface area contributed by atoms with Gasteiger partial charge in [-0.15, -0.1) is 5.10 Å². The number of likely N-dealkylation sites (tertiary alicyclic amines) is 1. The monoisotopic (exact) mass is 236 g/mol. The van der Waals surface area contributed by atoms with Crippen LogP contribution in [0.15, 0.2) is 18.9 Å². The molecule has 0 aliphatic carbocycles. The third kappa shape index (κ3) is 2.17. The number of carboxylic acid groups (broad SMARTS) is 1. The van der Waals surface area contributed by atoms with Gasteiger partial charge in [0.05, 0.1) is 12.2 Å². The molecule has 0 saturated carbocycles.